The second-order valence-corrected chi connectivity index (χ2v) is 27.4. The Hall–Kier alpha value is -1.94. The molecule has 4 saturated heterocycles. The number of hydrogen-bond acceptors (Lipinski definition) is 24. The summed E-state index contributed by atoms with van der Waals surface area (Å²) in [6, 6.07) is -2.93. The monoisotopic (exact) mass is 1370 g/mol. The maximum atomic E-state index is 13.7. The molecular formula is C69H130N2O24. The van der Waals surface area contributed by atoms with Crippen LogP contribution in [0.3, 0.4) is 0 Å². The number of unbranched alkanes of at least 4 members (excludes halogenated alkanes) is 31. The van der Waals surface area contributed by atoms with Crippen LogP contribution in [0.5, 0.6) is 0 Å². The number of rotatable bonds is 52. The Morgan fingerprint density at radius 3 is 1.27 bits per heavy atom. The normalized spacial score (nSPS) is 32.6. The second-order valence-electron chi connectivity index (χ2n) is 27.4. The predicted molar refractivity (Wildman–Crippen MR) is 351 cm³/mol. The van der Waals surface area contributed by atoms with Crippen molar-refractivity contribution in [3.8, 4) is 0 Å². The van der Waals surface area contributed by atoms with Crippen LogP contribution in [-0.2, 0) is 47.5 Å². The summed E-state index contributed by atoms with van der Waals surface area (Å²) < 4.78 is 47.2. The summed E-state index contributed by atoms with van der Waals surface area (Å²) in [7, 11) is 0. The molecular weight excluding hydrogens is 1240 g/mol. The van der Waals surface area contributed by atoms with Gasteiger partial charge in [0.2, 0.25) is 11.8 Å². The SMILES string of the molecule is CCCCCCCCCCCCCCCCCCCCCCC(O)C(=O)NC(COC1OC(CO)C(O)C(O)C1OC1OC(COC2OC(CO)C(O)C(OC3OC(C)C(O)C(O)C3O)C2NC(C)=O)C(O)C(O)C1O)C(O)C(O)CCCCCCCCCCCCCCC. The van der Waals surface area contributed by atoms with Crippen molar-refractivity contribution in [2.75, 3.05) is 26.4 Å². The lowest BCUT2D eigenvalue weighted by atomic mass is 9.95. The van der Waals surface area contributed by atoms with Crippen molar-refractivity contribution in [1.82, 2.24) is 10.6 Å². The van der Waals surface area contributed by atoms with Gasteiger partial charge in [-0.3, -0.25) is 9.59 Å². The third-order valence-electron chi connectivity index (χ3n) is 19.3. The van der Waals surface area contributed by atoms with Crippen LogP contribution in [0.15, 0.2) is 0 Å². The number of amides is 2. The molecule has 2 amide bonds. The quantitative estimate of drug-likeness (QED) is 0.0386. The molecule has 0 aromatic heterocycles. The van der Waals surface area contributed by atoms with E-state index in [4.69, 9.17) is 37.9 Å². The molecule has 0 bridgehead atoms. The number of aliphatic hydroxyl groups excluding tert-OH is 14. The maximum Gasteiger partial charge on any atom is 0.249 e. The molecule has 95 heavy (non-hydrogen) atoms. The first kappa shape index (κ1) is 85.5. The molecule has 0 saturated carbocycles. The number of nitrogens with one attached hydrogen (secondary N) is 2. The summed E-state index contributed by atoms with van der Waals surface area (Å²) in [5, 5.41) is 159. The van der Waals surface area contributed by atoms with Crippen molar-refractivity contribution >= 4 is 11.8 Å². The lowest BCUT2D eigenvalue weighted by molar-refractivity contribution is -0.373. The molecule has 26 nitrogen and oxygen atoms in total. The number of aliphatic hydroxyl groups is 14. The van der Waals surface area contributed by atoms with E-state index in [2.05, 4.69) is 24.5 Å². The molecule has 4 heterocycles. The standard InChI is InChI=1S/C69H130N2O24/c1-5-7-9-11-13-15-17-19-20-21-22-23-24-25-27-29-31-33-35-37-39-48(76)65(87)71-46(54(78)47(75)38-36-34-32-30-28-26-18-16-14-12-10-8-6-2)42-88-69-64(60(84)55(79)49(40-72)92-69)95-68-62(86)59(83)56(80)51(93-68)43-89-66-52(70-45(4)74)63(57(81)50(41-73)91-66)94-67-61(85)58(82)53(77)44(3)90-67/h44,46-64,66-69,72-73,75-86H,5-43H2,1-4H3,(H,70,74)(H,71,87). The van der Waals surface area contributed by atoms with Crippen LogP contribution in [-0.4, -0.2) is 257 Å². The summed E-state index contributed by atoms with van der Waals surface area (Å²) >= 11 is 0. The van der Waals surface area contributed by atoms with E-state index in [1.54, 1.807) is 0 Å². The molecule has 4 rings (SSSR count). The van der Waals surface area contributed by atoms with Crippen LogP contribution in [0.2, 0.25) is 0 Å². The lowest BCUT2D eigenvalue weighted by Gasteiger charge is -2.48. The van der Waals surface area contributed by atoms with Crippen LogP contribution in [0.4, 0.5) is 0 Å². The average molecular weight is 1370 g/mol. The van der Waals surface area contributed by atoms with E-state index in [0.29, 0.717) is 12.8 Å². The topological polar surface area (TPSA) is 415 Å². The number of carbonyl (C=O) groups excluding carboxylic acids is 2. The number of ether oxygens (including phenoxy) is 8. The fourth-order valence-corrected chi connectivity index (χ4v) is 13.1. The predicted octanol–water partition coefficient (Wildman–Crippen LogP) is 3.71. The van der Waals surface area contributed by atoms with Gasteiger partial charge in [-0.15, -0.1) is 0 Å². The first-order valence-corrected chi connectivity index (χ1v) is 36.8. The molecule has 0 aromatic carbocycles. The number of carbonyl (C=O) groups is 2. The van der Waals surface area contributed by atoms with E-state index in [-0.39, 0.29) is 12.8 Å². The second kappa shape index (κ2) is 48.8. The van der Waals surface area contributed by atoms with Crippen molar-refractivity contribution in [2.24, 2.45) is 0 Å². The Morgan fingerprint density at radius 2 is 0.811 bits per heavy atom. The van der Waals surface area contributed by atoms with Gasteiger partial charge >= 0.3 is 0 Å². The highest BCUT2D eigenvalue weighted by molar-refractivity contribution is 5.80. The molecule has 0 spiro atoms. The molecule has 0 aliphatic carbocycles. The van der Waals surface area contributed by atoms with Gasteiger partial charge in [-0.2, -0.15) is 0 Å². The first-order chi connectivity index (χ1) is 45.7. The lowest BCUT2D eigenvalue weighted by Crippen LogP contribution is -2.68. The zero-order valence-electron chi connectivity index (χ0n) is 57.8. The highest BCUT2D eigenvalue weighted by Gasteiger charge is 2.54. The van der Waals surface area contributed by atoms with Crippen LogP contribution in [0, 0.1) is 0 Å². The Morgan fingerprint density at radius 1 is 0.421 bits per heavy atom. The van der Waals surface area contributed by atoms with Crippen LogP contribution in [0.1, 0.15) is 252 Å². The molecule has 4 aliphatic rings. The van der Waals surface area contributed by atoms with Gasteiger partial charge in [0.1, 0.15) is 104 Å². The summed E-state index contributed by atoms with van der Waals surface area (Å²) in [5.74, 6) is -1.55. The van der Waals surface area contributed by atoms with E-state index in [1.165, 1.54) is 148 Å². The Kier molecular flexibility index (Phi) is 43.9. The molecule has 24 atom stereocenters. The minimum absolute atomic E-state index is 0.124. The minimum atomic E-state index is -2.10. The van der Waals surface area contributed by atoms with E-state index in [0.717, 1.165) is 64.7 Å². The van der Waals surface area contributed by atoms with Crippen LogP contribution < -0.4 is 10.6 Å². The highest BCUT2D eigenvalue weighted by Crippen LogP contribution is 2.34. The van der Waals surface area contributed by atoms with Crippen molar-refractivity contribution in [3.63, 3.8) is 0 Å². The first-order valence-electron chi connectivity index (χ1n) is 36.8. The summed E-state index contributed by atoms with van der Waals surface area (Å²) in [6.07, 6.45) is 0.860. The molecule has 560 valence electrons. The smallest absolute Gasteiger partial charge is 0.249 e. The van der Waals surface area contributed by atoms with Crippen molar-refractivity contribution in [2.45, 2.75) is 400 Å². The fraction of sp³-hybridized carbons (Fsp3) is 0.971. The Labute approximate surface area is 565 Å². The fourth-order valence-electron chi connectivity index (χ4n) is 13.1. The third-order valence-corrected chi connectivity index (χ3v) is 19.3. The van der Waals surface area contributed by atoms with E-state index in [9.17, 15) is 81.1 Å². The summed E-state index contributed by atoms with van der Waals surface area (Å²) in [5.41, 5.74) is 0. The van der Waals surface area contributed by atoms with Gasteiger partial charge in [0.25, 0.3) is 0 Å². The zero-order chi connectivity index (χ0) is 69.7. The van der Waals surface area contributed by atoms with Gasteiger partial charge < -0.3 is 120 Å². The average Bonchev–Trinajstić information content (AvgIpc) is 0.790. The van der Waals surface area contributed by atoms with Gasteiger partial charge in [-0.1, -0.05) is 226 Å². The van der Waals surface area contributed by atoms with E-state index < -0.39 is 185 Å². The Bertz CT molecular complexity index is 1960. The molecule has 4 aliphatic heterocycles. The molecule has 4 fully saturated rings. The minimum Gasteiger partial charge on any atom is -0.394 e. The van der Waals surface area contributed by atoms with Crippen LogP contribution >= 0.6 is 0 Å². The summed E-state index contributed by atoms with van der Waals surface area (Å²) in [4.78, 5) is 26.3. The van der Waals surface area contributed by atoms with Gasteiger partial charge in [0, 0.05) is 6.92 Å². The van der Waals surface area contributed by atoms with E-state index in [1.807, 2.05) is 0 Å². The van der Waals surface area contributed by atoms with Gasteiger partial charge in [-0.05, 0) is 19.8 Å². The third kappa shape index (κ3) is 30.3. The van der Waals surface area contributed by atoms with Gasteiger partial charge in [0.05, 0.1) is 44.7 Å². The van der Waals surface area contributed by atoms with E-state index >= 15 is 0 Å². The Balaban J connectivity index is 1.38. The van der Waals surface area contributed by atoms with Crippen molar-refractivity contribution < 1.29 is 119 Å². The maximum absolute atomic E-state index is 13.7. The van der Waals surface area contributed by atoms with Gasteiger partial charge in [0.15, 0.2) is 25.2 Å². The number of hydrogen-bond donors (Lipinski definition) is 16. The zero-order valence-corrected chi connectivity index (χ0v) is 57.8. The molecule has 16 N–H and O–H groups in total. The molecule has 26 heteroatoms. The van der Waals surface area contributed by atoms with Crippen LogP contribution in [0.25, 0.3) is 0 Å². The largest absolute Gasteiger partial charge is 0.394 e. The summed E-state index contributed by atoms with van der Waals surface area (Å²) in [6.45, 7) is 3.80. The molecule has 24 unspecified atom stereocenters. The highest BCUT2D eigenvalue weighted by atomic mass is 16.8. The molecule has 0 aromatic rings. The van der Waals surface area contributed by atoms with Gasteiger partial charge in [-0.25, -0.2) is 0 Å². The van der Waals surface area contributed by atoms with Crippen molar-refractivity contribution in [1.29, 1.82) is 0 Å². The molecule has 0 radical (unpaired) electrons. The van der Waals surface area contributed by atoms with Crippen molar-refractivity contribution in [3.05, 3.63) is 0 Å².